The molecule has 13 heavy (non-hydrogen) atoms. The quantitative estimate of drug-likeness (QED) is 0.619. The molecule has 2 fully saturated rings. The maximum Gasteiger partial charge on any atom is 0.112 e. The van der Waals surface area contributed by atoms with Gasteiger partial charge in [-0.3, -0.25) is 0 Å². The van der Waals surface area contributed by atoms with Gasteiger partial charge in [0.05, 0.1) is 45.1 Å². The van der Waals surface area contributed by atoms with Gasteiger partial charge in [-0.25, -0.2) is 0 Å². The van der Waals surface area contributed by atoms with Crippen molar-refractivity contribution < 1.29 is 19.3 Å². The molecule has 2 aliphatic rings. The standard InChI is InChI=1S/C9H16O4/c1-8-3-11-5-9(2-10,7-13-8)6-12-4-8/h10H,2-7H2,1H3. The first kappa shape index (κ1) is 9.40. The predicted octanol–water partition coefficient (Wildman–Crippen LogP) is -0.199. The fraction of sp³-hybridized carbons (Fsp3) is 1.00. The molecule has 0 radical (unpaired) electrons. The van der Waals surface area contributed by atoms with Crippen LogP contribution in [0.5, 0.6) is 0 Å². The Morgan fingerprint density at radius 1 is 1.08 bits per heavy atom. The molecule has 4 heteroatoms. The smallest absolute Gasteiger partial charge is 0.112 e. The van der Waals surface area contributed by atoms with Gasteiger partial charge in [-0.05, 0) is 6.92 Å². The summed E-state index contributed by atoms with van der Waals surface area (Å²) in [5, 5.41) is 9.26. The van der Waals surface area contributed by atoms with Crippen LogP contribution in [0.4, 0.5) is 0 Å². The number of hydrogen-bond acceptors (Lipinski definition) is 4. The van der Waals surface area contributed by atoms with E-state index in [1.165, 1.54) is 0 Å². The minimum absolute atomic E-state index is 0.0586. The van der Waals surface area contributed by atoms with Crippen LogP contribution in [0.3, 0.4) is 0 Å². The van der Waals surface area contributed by atoms with Crippen molar-refractivity contribution in [3.05, 3.63) is 0 Å². The van der Waals surface area contributed by atoms with Gasteiger partial charge in [0.1, 0.15) is 5.60 Å². The van der Waals surface area contributed by atoms with Gasteiger partial charge in [-0.15, -0.1) is 0 Å². The zero-order valence-corrected chi connectivity index (χ0v) is 7.91. The Labute approximate surface area is 77.8 Å². The SMILES string of the molecule is CC12COCC(CO)(COC1)CO2. The normalized spacial score (nSPS) is 45.7. The molecule has 2 aliphatic heterocycles. The average Bonchev–Trinajstić information content (AvgIpc) is 2.34. The van der Waals surface area contributed by atoms with Gasteiger partial charge >= 0.3 is 0 Å². The van der Waals surface area contributed by atoms with Crippen molar-refractivity contribution in [2.75, 3.05) is 39.6 Å². The van der Waals surface area contributed by atoms with Crippen LogP contribution < -0.4 is 0 Å². The minimum Gasteiger partial charge on any atom is -0.396 e. The molecule has 0 aliphatic carbocycles. The molecule has 0 aromatic carbocycles. The second kappa shape index (κ2) is 3.20. The lowest BCUT2D eigenvalue weighted by Crippen LogP contribution is -2.40. The molecule has 76 valence electrons. The Morgan fingerprint density at radius 3 is 2.23 bits per heavy atom. The van der Waals surface area contributed by atoms with Crippen molar-refractivity contribution in [1.82, 2.24) is 0 Å². The third-order valence-corrected chi connectivity index (χ3v) is 2.69. The van der Waals surface area contributed by atoms with E-state index in [0.29, 0.717) is 33.0 Å². The summed E-state index contributed by atoms with van der Waals surface area (Å²) in [5.41, 5.74) is -0.665. The van der Waals surface area contributed by atoms with Crippen LogP contribution in [0.1, 0.15) is 6.92 Å². The average molecular weight is 188 g/mol. The first-order valence-electron chi connectivity index (χ1n) is 4.59. The summed E-state index contributed by atoms with van der Waals surface area (Å²) in [6.07, 6.45) is 0. The Kier molecular flexibility index (Phi) is 2.32. The van der Waals surface area contributed by atoms with Crippen molar-refractivity contribution >= 4 is 0 Å². The van der Waals surface area contributed by atoms with E-state index in [2.05, 4.69) is 0 Å². The summed E-state index contributed by atoms with van der Waals surface area (Å²) in [6.45, 7) is 4.72. The highest BCUT2D eigenvalue weighted by Gasteiger charge is 2.42. The lowest BCUT2D eigenvalue weighted by atomic mass is 9.92. The number of hydrogen-bond donors (Lipinski definition) is 1. The highest BCUT2D eigenvalue weighted by atomic mass is 16.6. The zero-order chi connectivity index (χ0) is 9.36. The molecule has 0 aromatic heterocycles. The molecule has 1 N–H and O–H groups in total. The Balaban J connectivity index is 2.17. The fourth-order valence-corrected chi connectivity index (χ4v) is 1.68. The molecule has 4 nitrogen and oxygen atoms in total. The third kappa shape index (κ3) is 1.72. The second-order valence-electron chi connectivity index (χ2n) is 4.38. The molecule has 0 amide bonds. The van der Waals surface area contributed by atoms with E-state index >= 15 is 0 Å². The van der Waals surface area contributed by atoms with Crippen molar-refractivity contribution in [2.45, 2.75) is 12.5 Å². The number of ether oxygens (including phenoxy) is 3. The van der Waals surface area contributed by atoms with Gasteiger partial charge in [0.15, 0.2) is 0 Å². The van der Waals surface area contributed by atoms with Crippen LogP contribution in [-0.4, -0.2) is 50.3 Å². The van der Waals surface area contributed by atoms with Crippen molar-refractivity contribution in [2.24, 2.45) is 5.41 Å². The van der Waals surface area contributed by atoms with Gasteiger partial charge in [-0.2, -0.15) is 0 Å². The molecule has 0 atom stereocenters. The lowest BCUT2D eigenvalue weighted by molar-refractivity contribution is -0.0972. The first-order valence-corrected chi connectivity index (χ1v) is 4.59. The molecular weight excluding hydrogens is 172 g/mol. The molecule has 2 bridgehead atoms. The summed E-state index contributed by atoms with van der Waals surface area (Å²) >= 11 is 0. The molecule has 2 heterocycles. The second-order valence-corrected chi connectivity index (χ2v) is 4.38. The van der Waals surface area contributed by atoms with E-state index < -0.39 is 0 Å². The van der Waals surface area contributed by atoms with Crippen LogP contribution in [-0.2, 0) is 14.2 Å². The van der Waals surface area contributed by atoms with Crippen LogP contribution in [0.15, 0.2) is 0 Å². The van der Waals surface area contributed by atoms with E-state index in [0.717, 1.165) is 0 Å². The number of aliphatic hydroxyl groups excluding tert-OH is 1. The van der Waals surface area contributed by atoms with Gasteiger partial charge in [-0.1, -0.05) is 0 Å². The molecule has 0 aromatic rings. The molecular formula is C9H16O4. The summed E-state index contributed by atoms with van der Waals surface area (Å²) in [4.78, 5) is 0. The van der Waals surface area contributed by atoms with E-state index in [4.69, 9.17) is 14.2 Å². The van der Waals surface area contributed by atoms with Crippen LogP contribution in [0, 0.1) is 5.41 Å². The maximum atomic E-state index is 9.26. The molecule has 2 saturated heterocycles. The van der Waals surface area contributed by atoms with E-state index in [1.807, 2.05) is 6.92 Å². The lowest BCUT2D eigenvalue weighted by Gasteiger charge is -2.28. The van der Waals surface area contributed by atoms with Crippen LogP contribution in [0.2, 0.25) is 0 Å². The van der Waals surface area contributed by atoms with Crippen molar-refractivity contribution in [1.29, 1.82) is 0 Å². The monoisotopic (exact) mass is 188 g/mol. The largest absolute Gasteiger partial charge is 0.396 e. The Morgan fingerprint density at radius 2 is 1.69 bits per heavy atom. The summed E-state index contributed by atoms with van der Waals surface area (Å²) in [5.74, 6) is 0. The number of rotatable bonds is 1. The van der Waals surface area contributed by atoms with E-state index in [1.54, 1.807) is 0 Å². The molecule has 0 saturated carbocycles. The minimum atomic E-state index is -0.339. The number of fused-ring (bicyclic) bond motifs is 3. The van der Waals surface area contributed by atoms with Gasteiger partial charge in [0.25, 0.3) is 0 Å². The van der Waals surface area contributed by atoms with Gasteiger partial charge in [0.2, 0.25) is 0 Å². The zero-order valence-electron chi connectivity index (χ0n) is 7.91. The van der Waals surface area contributed by atoms with Gasteiger partial charge < -0.3 is 19.3 Å². The van der Waals surface area contributed by atoms with Crippen LogP contribution >= 0.6 is 0 Å². The fourth-order valence-electron chi connectivity index (χ4n) is 1.68. The Hall–Kier alpha value is -0.160. The summed E-state index contributed by atoms with van der Waals surface area (Å²) in [6, 6.07) is 0. The van der Waals surface area contributed by atoms with Crippen molar-refractivity contribution in [3.8, 4) is 0 Å². The first-order chi connectivity index (χ1) is 6.18. The topological polar surface area (TPSA) is 47.9 Å². The van der Waals surface area contributed by atoms with Gasteiger partial charge in [0, 0.05) is 0 Å². The highest BCUT2D eigenvalue weighted by molar-refractivity contribution is 4.88. The highest BCUT2D eigenvalue weighted by Crippen LogP contribution is 2.30. The number of aliphatic hydroxyl groups is 1. The van der Waals surface area contributed by atoms with E-state index in [-0.39, 0.29) is 17.6 Å². The van der Waals surface area contributed by atoms with E-state index in [9.17, 15) is 5.11 Å². The van der Waals surface area contributed by atoms with Crippen LogP contribution in [0.25, 0.3) is 0 Å². The molecule has 0 unspecified atom stereocenters. The summed E-state index contributed by atoms with van der Waals surface area (Å²) < 4.78 is 16.7. The summed E-state index contributed by atoms with van der Waals surface area (Å²) in [7, 11) is 0. The van der Waals surface area contributed by atoms with Crippen molar-refractivity contribution in [3.63, 3.8) is 0 Å². The maximum absolute atomic E-state index is 9.26. The Bertz CT molecular complexity index is 182. The predicted molar refractivity (Wildman–Crippen MR) is 45.5 cm³/mol. The molecule has 2 rings (SSSR count). The third-order valence-electron chi connectivity index (χ3n) is 2.69. The molecule has 0 spiro atoms.